The molecule has 2 nitrogen and oxygen atoms in total. The number of benzene rings is 11. The quantitative estimate of drug-likeness (QED) is 0.163. The third-order valence-corrected chi connectivity index (χ3v) is 15.2. The molecule has 0 saturated carbocycles. The second kappa shape index (κ2) is 14.4. The van der Waals surface area contributed by atoms with Gasteiger partial charge in [0.2, 0.25) is 0 Å². The molecule has 316 valence electrons. The number of hydrogen-bond donors (Lipinski definition) is 0. The molecule has 67 heavy (non-hydrogen) atoms. The Morgan fingerprint density at radius 3 is 1.31 bits per heavy atom. The molecule has 2 aliphatic heterocycles. The summed E-state index contributed by atoms with van der Waals surface area (Å²) in [5, 5.41) is 7.43. The molecule has 3 aliphatic rings. The van der Waals surface area contributed by atoms with E-state index in [2.05, 4.69) is 242 Å². The Kier molecular flexibility index (Phi) is 8.19. The van der Waals surface area contributed by atoms with Crippen LogP contribution >= 0.6 is 0 Å². The van der Waals surface area contributed by atoms with E-state index in [0.717, 1.165) is 24.2 Å². The van der Waals surface area contributed by atoms with Crippen molar-refractivity contribution in [3.05, 3.63) is 252 Å². The SMILES string of the molecule is CC1(C)c2ccccc2-c2ccc(-c3c4ccc(N5c6ccccc6Cc6ccccc65)cc4c(-c4ccc5ccccc5c4)c4ccc(N5c6ccccc6Cc6ccccc65)cc34)cc21. The second-order valence-electron chi connectivity index (χ2n) is 19.2. The summed E-state index contributed by atoms with van der Waals surface area (Å²) in [5.41, 5.74) is 22.9. The first kappa shape index (κ1) is 38.1. The van der Waals surface area contributed by atoms with Crippen LogP contribution in [-0.4, -0.2) is 0 Å². The van der Waals surface area contributed by atoms with Gasteiger partial charge in [-0.2, -0.15) is 0 Å². The topological polar surface area (TPSA) is 6.48 Å². The number of para-hydroxylation sites is 4. The monoisotopic (exact) mass is 854 g/mol. The first-order valence-electron chi connectivity index (χ1n) is 23.7. The molecular formula is C65H46N2. The fourth-order valence-electron chi connectivity index (χ4n) is 12.0. The largest absolute Gasteiger partial charge is 0.310 e. The molecule has 2 heterocycles. The number of hydrogen-bond acceptors (Lipinski definition) is 2. The van der Waals surface area contributed by atoms with Crippen LogP contribution in [0.4, 0.5) is 34.1 Å². The average molecular weight is 855 g/mol. The Morgan fingerprint density at radius 2 is 0.761 bits per heavy atom. The third kappa shape index (κ3) is 5.69. The van der Waals surface area contributed by atoms with Gasteiger partial charge in [-0.1, -0.05) is 172 Å². The minimum atomic E-state index is -0.146. The third-order valence-electron chi connectivity index (χ3n) is 15.2. The van der Waals surface area contributed by atoms with Crippen molar-refractivity contribution in [2.75, 3.05) is 9.80 Å². The molecule has 0 N–H and O–H groups in total. The molecular weight excluding hydrogens is 809 g/mol. The molecule has 11 aromatic carbocycles. The van der Waals surface area contributed by atoms with Crippen LogP contribution in [-0.2, 0) is 18.3 Å². The second-order valence-corrected chi connectivity index (χ2v) is 19.2. The molecule has 14 rings (SSSR count). The van der Waals surface area contributed by atoms with Gasteiger partial charge in [-0.15, -0.1) is 0 Å². The van der Waals surface area contributed by atoms with Crippen molar-refractivity contribution in [3.8, 4) is 33.4 Å². The highest BCUT2D eigenvalue weighted by molar-refractivity contribution is 6.23. The minimum absolute atomic E-state index is 0.146. The van der Waals surface area contributed by atoms with Crippen LogP contribution in [0.25, 0.3) is 65.7 Å². The van der Waals surface area contributed by atoms with Crippen LogP contribution in [0.15, 0.2) is 218 Å². The average Bonchev–Trinajstić information content (AvgIpc) is 3.60. The van der Waals surface area contributed by atoms with E-state index in [9.17, 15) is 0 Å². The van der Waals surface area contributed by atoms with Gasteiger partial charge in [0.1, 0.15) is 0 Å². The maximum Gasteiger partial charge on any atom is 0.0497 e. The predicted octanol–water partition coefficient (Wildman–Crippen LogP) is 17.5. The summed E-state index contributed by atoms with van der Waals surface area (Å²) in [6.07, 6.45) is 1.83. The van der Waals surface area contributed by atoms with E-state index in [1.54, 1.807) is 0 Å². The summed E-state index contributed by atoms with van der Waals surface area (Å²) in [6, 6.07) is 82.4. The Hall–Kier alpha value is -8.20. The van der Waals surface area contributed by atoms with Gasteiger partial charge >= 0.3 is 0 Å². The number of nitrogens with zero attached hydrogens (tertiary/aromatic N) is 2. The van der Waals surface area contributed by atoms with E-state index in [0.29, 0.717) is 0 Å². The van der Waals surface area contributed by atoms with E-state index < -0.39 is 0 Å². The van der Waals surface area contributed by atoms with E-state index >= 15 is 0 Å². The number of rotatable bonds is 4. The van der Waals surface area contributed by atoms with Crippen molar-refractivity contribution in [2.24, 2.45) is 0 Å². The van der Waals surface area contributed by atoms with Crippen molar-refractivity contribution in [2.45, 2.75) is 32.1 Å². The van der Waals surface area contributed by atoms with Gasteiger partial charge in [-0.3, -0.25) is 0 Å². The molecule has 0 radical (unpaired) electrons. The Balaban J connectivity index is 1.10. The minimum Gasteiger partial charge on any atom is -0.310 e. The zero-order valence-electron chi connectivity index (χ0n) is 37.6. The van der Waals surface area contributed by atoms with Crippen molar-refractivity contribution in [3.63, 3.8) is 0 Å². The smallest absolute Gasteiger partial charge is 0.0497 e. The molecule has 0 saturated heterocycles. The summed E-state index contributed by atoms with van der Waals surface area (Å²) >= 11 is 0. The Morgan fingerprint density at radius 1 is 0.328 bits per heavy atom. The zero-order valence-corrected chi connectivity index (χ0v) is 37.6. The Labute approximate surface area is 391 Å². The van der Waals surface area contributed by atoms with Gasteiger partial charge in [0.05, 0.1) is 0 Å². The zero-order chi connectivity index (χ0) is 44.4. The maximum atomic E-state index is 2.52. The van der Waals surface area contributed by atoms with Crippen molar-refractivity contribution in [1.29, 1.82) is 0 Å². The first-order valence-corrected chi connectivity index (χ1v) is 23.7. The van der Waals surface area contributed by atoms with Gasteiger partial charge in [0.15, 0.2) is 0 Å². The molecule has 1 aliphatic carbocycles. The highest BCUT2D eigenvalue weighted by Gasteiger charge is 2.36. The first-order chi connectivity index (χ1) is 33.0. The lowest BCUT2D eigenvalue weighted by atomic mass is 9.80. The fraction of sp³-hybridized carbons (Fsp3) is 0.0769. The molecule has 0 bridgehead atoms. The summed E-state index contributed by atoms with van der Waals surface area (Å²) in [7, 11) is 0. The van der Waals surface area contributed by atoms with Crippen LogP contribution in [0.3, 0.4) is 0 Å². The van der Waals surface area contributed by atoms with Crippen molar-refractivity contribution < 1.29 is 0 Å². The maximum absolute atomic E-state index is 2.52. The van der Waals surface area contributed by atoms with Crippen molar-refractivity contribution in [1.82, 2.24) is 0 Å². The predicted molar refractivity (Wildman–Crippen MR) is 282 cm³/mol. The number of fused-ring (bicyclic) bond motifs is 10. The van der Waals surface area contributed by atoms with E-state index in [1.165, 1.54) is 122 Å². The standard InChI is InChI=1S/C65H46N2/c1-65(2)57-22-10-9-21-51(57)52-32-29-48(38-58(52)65)64-54-34-31-49(66-59-23-11-5-17-43(59)36-44-18-6-12-24-60(44)66)39-55(54)63(47-28-27-41-15-3-4-16-42(41)35-47)53-33-30-50(40-56(53)64)67-61-25-13-7-19-45(61)37-46-20-8-14-26-62(46)67/h3-35,38-40H,36-37H2,1-2H3. The van der Waals surface area contributed by atoms with Crippen molar-refractivity contribution >= 4 is 66.4 Å². The Bertz CT molecular complexity index is 3780. The molecule has 11 aromatic rings. The van der Waals surface area contributed by atoms with E-state index in [4.69, 9.17) is 0 Å². The molecule has 0 amide bonds. The molecule has 2 heteroatoms. The van der Waals surface area contributed by atoms with Crippen LogP contribution < -0.4 is 9.80 Å². The van der Waals surface area contributed by atoms with E-state index in [1.807, 2.05) is 0 Å². The fourth-order valence-corrected chi connectivity index (χ4v) is 12.0. The lowest BCUT2D eigenvalue weighted by Crippen LogP contribution is -2.18. The molecule has 0 spiro atoms. The van der Waals surface area contributed by atoms with Gasteiger partial charge in [0.25, 0.3) is 0 Å². The normalized spacial score (nSPS) is 14.1. The van der Waals surface area contributed by atoms with Crippen LogP contribution in [0.2, 0.25) is 0 Å². The lowest BCUT2D eigenvalue weighted by Gasteiger charge is -2.34. The molecule has 0 aromatic heterocycles. The summed E-state index contributed by atoms with van der Waals surface area (Å²) < 4.78 is 0. The van der Waals surface area contributed by atoms with E-state index in [-0.39, 0.29) is 5.41 Å². The molecule has 0 unspecified atom stereocenters. The van der Waals surface area contributed by atoms with Gasteiger partial charge < -0.3 is 9.80 Å². The van der Waals surface area contributed by atoms with Crippen LogP contribution in [0.1, 0.15) is 47.2 Å². The summed E-state index contributed by atoms with van der Waals surface area (Å²) in [4.78, 5) is 4.99. The highest BCUT2D eigenvalue weighted by Crippen LogP contribution is 2.54. The lowest BCUT2D eigenvalue weighted by molar-refractivity contribution is 0.660. The van der Waals surface area contributed by atoms with Gasteiger partial charge in [0, 0.05) is 52.4 Å². The van der Waals surface area contributed by atoms with Gasteiger partial charge in [-0.25, -0.2) is 0 Å². The molecule has 0 fully saturated rings. The van der Waals surface area contributed by atoms with Gasteiger partial charge in [-0.05, 0) is 160 Å². The number of anilines is 6. The summed E-state index contributed by atoms with van der Waals surface area (Å²) in [6.45, 7) is 4.79. The van der Waals surface area contributed by atoms with Crippen LogP contribution in [0, 0.1) is 0 Å². The summed E-state index contributed by atoms with van der Waals surface area (Å²) in [5.74, 6) is 0. The molecule has 0 atom stereocenters. The van der Waals surface area contributed by atoms with Crippen LogP contribution in [0.5, 0.6) is 0 Å². The highest BCUT2D eigenvalue weighted by atomic mass is 15.2.